The number of halogens is 3. The molecule has 1 aliphatic rings. The topological polar surface area (TPSA) is 69.6 Å². The molecule has 1 fully saturated rings. The van der Waals surface area contributed by atoms with Gasteiger partial charge in [-0.25, -0.2) is 5.01 Å². The van der Waals surface area contributed by atoms with Crippen molar-refractivity contribution in [3.8, 4) is 5.75 Å². The summed E-state index contributed by atoms with van der Waals surface area (Å²) in [6.45, 7) is 0. The van der Waals surface area contributed by atoms with Crippen LogP contribution in [0.5, 0.6) is 5.75 Å². The van der Waals surface area contributed by atoms with Crippen molar-refractivity contribution in [2.24, 2.45) is 0 Å². The van der Waals surface area contributed by atoms with Gasteiger partial charge in [0.25, 0.3) is 5.91 Å². The second-order valence-electron chi connectivity index (χ2n) is 5.60. The summed E-state index contributed by atoms with van der Waals surface area (Å²) in [6, 6.07) is 11.1. The maximum absolute atomic E-state index is 12.2. The number of carbonyl (C=O) groups excluding carboxylic acids is 2. The van der Waals surface area contributed by atoms with Crippen molar-refractivity contribution in [1.29, 1.82) is 0 Å². The quantitative estimate of drug-likeness (QED) is 0.560. The molecule has 130 valence electrons. The molecule has 3 rings (SSSR count). The molecule has 0 spiro atoms. The number of β-lactam (4-membered cyclic amide) rings is 1. The molecule has 2 unspecified atom stereocenters. The van der Waals surface area contributed by atoms with E-state index in [4.69, 9.17) is 23.2 Å². The molecule has 0 radical (unpaired) electrons. The van der Waals surface area contributed by atoms with Crippen molar-refractivity contribution in [3.63, 3.8) is 0 Å². The fraction of sp³-hybridized carbons (Fsp3) is 0.176. The number of hydrogen-bond acceptors (Lipinski definition) is 3. The van der Waals surface area contributed by atoms with Crippen molar-refractivity contribution >= 4 is 50.9 Å². The summed E-state index contributed by atoms with van der Waals surface area (Å²) >= 11 is 15.2. The molecule has 2 N–H and O–H groups in total. The SMILES string of the molecule is O=C(Cc1ccc(Cl)cc1)NN1C(=O)C(Cl)C1c1cc(Br)ccc1O. The first-order valence-corrected chi connectivity index (χ1v) is 8.97. The minimum atomic E-state index is -0.851. The van der Waals surface area contributed by atoms with Gasteiger partial charge in [0.2, 0.25) is 5.91 Å². The van der Waals surface area contributed by atoms with Gasteiger partial charge in [-0.2, -0.15) is 0 Å². The predicted octanol–water partition coefficient (Wildman–Crippen LogP) is 3.57. The van der Waals surface area contributed by atoms with E-state index in [2.05, 4.69) is 21.4 Å². The van der Waals surface area contributed by atoms with E-state index >= 15 is 0 Å². The van der Waals surface area contributed by atoms with Gasteiger partial charge in [0.05, 0.1) is 6.42 Å². The summed E-state index contributed by atoms with van der Waals surface area (Å²) in [4.78, 5) is 24.3. The molecule has 2 atom stereocenters. The molecule has 0 saturated carbocycles. The molecule has 1 heterocycles. The van der Waals surface area contributed by atoms with Crippen LogP contribution in [0, 0.1) is 0 Å². The molecule has 25 heavy (non-hydrogen) atoms. The third-order valence-corrected chi connectivity index (χ3v) is 5.03. The first-order chi connectivity index (χ1) is 11.9. The fourth-order valence-electron chi connectivity index (χ4n) is 2.60. The smallest absolute Gasteiger partial charge is 0.262 e. The maximum Gasteiger partial charge on any atom is 0.262 e. The van der Waals surface area contributed by atoms with Gasteiger partial charge in [-0.3, -0.25) is 15.0 Å². The Morgan fingerprint density at radius 2 is 1.92 bits per heavy atom. The average molecular weight is 444 g/mol. The maximum atomic E-state index is 12.2. The number of hydrazine groups is 1. The zero-order chi connectivity index (χ0) is 18.1. The number of phenolic OH excluding ortho intramolecular Hbond substituents is 1. The minimum absolute atomic E-state index is 0.00306. The van der Waals surface area contributed by atoms with E-state index in [1.54, 1.807) is 36.4 Å². The lowest BCUT2D eigenvalue weighted by atomic mass is 9.94. The molecule has 0 aromatic heterocycles. The number of aromatic hydroxyl groups is 1. The van der Waals surface area contributed by atoms with Gasteiger partial charge in [0, 0.05) is 15.1 Å². The Balaban J connectivity index is 1.74. The van der Waals surface area contributed by atoms with Crippen molar-refractivity contribution in [2.45, 2.75) is 17.8 Å². The molecule has 8 heteroatoms. The first kappa shape index (κ1) is 18.0. The highest BCUT2D eigenvalue weighted by atomic mass is 79.9. The van der Waals surface area contributed by atoms with Crippen LogP contribution in [-0.2, 0) is 16.0 Å². The van der Waals surface area contributed by atoms with Gasteiger partial charge < -0.3 is 5.11 Å². The van der Waals surface area contributed by atoms with E-state index in [0.717, 1.165) is 15.0 Å². The summed E-state index contributed by atoms with van der Waals surface area (Å²) in [7, 11) is 0. The third-order valence-electron chi connectivity index (χ3n) is 3.86. The number of benzene rings is 2. The lowest BCUT2D eigenvalue weighted by Crippen LogP contribution is -2.63. The monoisotopic (exact) mass is 442 g/mol. The van der Waals surface area contributed by atoms with E-state index in [1.807, 2.05) is 0 Å². The predicted molar refractivity (Wildman–Crippen MR) is 98.3 cm³/mol. The summed E-state index contributed by atoms with van der Waals surface area (Å²) < 4.78 is 0.732. The second kappa shape index (κ2) is 7.23. The number of amides is 2. The zero-order valence-electron chi connectivity index (χ0n) is 12.7. The van der Waals surface area contributed by atoms with Crippen LogP contribution in [0.2, 0.25) is 5.02 Å². The lowest BCUT2D eigenvalue weighted by Gasteiger charge is -2.44. The van der Waals surface area contributed by atoms with Crippen molar-refractivity contribution < 1.29 is 14.7 Å². The number of hydrogen-bond donors (Lipinski definition) is 2. The van der Waals surface area contributed by atoms with E-state index in [9.17, 15) is 14.7 Å². The Kier molecular flexibility index (Phi) is 5.22. The zero-order valence-corrected chi connectivity index (χ0v) is 15.8. The van der Waals surface area contributed by atoms with Crippen LogP contribution < -0.4 is 5.43 Å². The summed E-state index contributed by atoms with van der Waals surface area (Å²) in [6.07, 6.45) is 0.0884. The van der Waals surface area contributed by atoms with Crippen LogP contribution in [-0.4, -0.2) is 27.3 Å². The normalized spacial score (nSPS) is 19.5. The molecular formula is C17H13BrCl2N2O3. The minimum Gasteiger partial charge on any atom is -0.508 e. The number of rotatable bonds is 4. The van der Waals surface area contributed by atoms with Crippen LogP contribution in [0.4, 0.5) is 0 Å². The Labute approximate surface area is 162 Å². The van der Waals surface area contributed by atoms with E-state index in [1.165, 1.54) is 6.07 Å². The van der Waals surface area contributed by atoms with Crippen LogP contribution >= 0.6 is 39.1 Å². The fourth-order valence-corrected chi connectivity index (χ4v) is 3.46. The molecule has 2 aromatic carbocycles. The molecule has 0 aliphatic carbocycles. The number of alkyl halides is 1. The van der Waals surface area contributed by atoms with Crippen LogP contribution in [0.1, 0.15) is 17.2 Å². The van der Waals surface area contributed by atoms with Crippen LogP contribution in [0.3, 0.4) is 0 Å². The van der Waals surface area contributed by atoms with E-state index in [-0.39, 0.29) is 18.1 Å². The van der Waals surface area contributed by atoms with Crippen LogP contribution in [0.25, 0.3) is 0 Å². The summed E-state index contributed by atoms with van der Waals surface area (Å²) in [5, 5.41) is 10.9. The van der Waals surface area contributed by atoms with Crippen molar-refractivity contribution in [1.82, 2.24) is 10.4 Å². The Morgan fingerprint density at radius 3 is 2.60 bits per heavy atom. The summed E-state index contributed by atoms with van der Waals surface area (Å²) in [5.74, 6) is -0.780. The number of nitrogens with one attached hydrogen (secondary N) is 1. The number of carbonyl (C=O) groups is 2. The summed E-state index contributed by atoms with van der Waals surface area (Å²) in [5.41, 5.74) is 3.78. The molecule has 5 nitrogen and oxygen atoms in total. The molecule has 1 aliphatic heterocycles. The Hall–Kier alpha value is -1.76. The molecule has 1 saturated heterocycles. The highest BCUT2D eigenvalue weighted by Gasteiger charge is 2.49. The van der Waals surface area contributed by atoms with Crippen molar-refractivity contribution in [2.75, 3.05) is 0 Å². The number of nitrogens with zero attached hydrogens (tertiary/aromatic N) is 1. The Bertz CT molecular complexity index is 829. The van der Waals surface area contributed by atoms with Gasteiger partial charge in [-0.05, 0) is 35.9 Å². The average Bonchev–Trinajstić information content (AvgIpc) is 2.59. The standard InChI is InChI=1S/C17H13BrCl2N2O3/c18-10-3-6-13(23)12(8-10)16-15(20)17(25)22(16)21-14(24)7-9-1-4-11(19)5-2-9/h1-6,8,15-16,23H,7H2,(H,21,24). The van der Waals surface area contributed by atoms with Crippen LogP contribution in [0.15, 0.2) is 46.9 Å². The van der Waals surface area contributed by atoms with E-state index in [0.29, 0.717) is 10.6 Å². The molecular weight excluding hydrogens is 431 g/mol. The number of phenols is 1. The van der Waals surface area contributed by atoms with Gasteiger partial charge >= 0.3 is 0 Å². The van der Waals surface area contributed by atoms with Gasteiger partial charge in [0.15, 0.2) is 0 Å². The molecule has 0 bridgehead atoms. The molecule has 2 amide bonds. The third kappa shape index (κ3) is 3.76. The second-order valence-corrected chi connectivity index (χ2v) is 7.42. The Morgan fingerprint density at radius 1 is 1.24 bits per heavy atom. The largest absolute Gasteiger partial charge is 0.508 e. The highest BCUT2D eigenvalue weighted by molar-refractivity contribution is 9.10. The molecule has 2 aromatic rings. The van der Waals surface area contributed by atoms with Gasteiger partial charge in [0.1, 0.15) is 17.2 Å². The first-order valence-electron chi connectivity index (χ1n) is 7.36. The van der Waals surface area contributed by atoms with Crippen molar-refractivity contribution in [3.05, 3.63) is 63.1 Å². The lowest BCUT2D eigenvalue weighted by molar-refractivity contribution is -0.156. The van der Waals surface area contributed by atoms with E-state index < -0.39 is 17.3 Å². The highest BCUT2D eigenvalue weighted by Crippen LogP contribution is 2.41. The van der Waals surface area contributed by atoms with Gasteiger partial charge in [-0.15, -0.1) is 11.6 Å². The van der Waals surface area contributed by atoms with Gasteiger partial charge in [-0.1, -0.05) is 39.7 Å².